The normalized spacial score (nSPS) is 10.7. The molecule has 1 aromatic carbocycles. The number of hydrogen-bond donors (Lipinski definition) is 2. The van der Waals surface area contributed by atoms with Crippen molar-refractivity contribution in [3.05, 3.63) is 18.2 Å². The third kappa shape index (κ3) is 5.77. The van der Waals surface area contributed by atoms with E-state index in [1.807, 2.05) is 39.0 Å². The standard InChI is InChI=1S/C14H24N2O2/c1-4-17-7-5-6-16-13-8-12(15)9-14(10-13)18-11(2)3/h8-11,16H,4-7,15H2,1-3H3. The van der Waals surface area contributed by atoms with Crippen LogP contribution in [0.4, 0.5) is 11.4 Å². The van der Waals surface area contributed by atoms with Gasteiger partial charge >= 0.3 is 0 Å². The third-order valence-electron chi connectivity index (χ3n) is 2.30. The van der Waals surface area contributed by atoms with Crippen LogP contribution in [-0.4, -0.2) is 25.9 Å². The molecule has 3 N–H and O–H groups in total. The predicted molar refractivity (Wildman–Crippen MR) is 76.2 cm³/mol. The molecule has 0 spiro atoms. The smallest absolute Gasteiger partial charge is 0.123 e. The number of nitrogen functional groups attached to an aromatic ring is 1. The molecule has 102 valence electrons. The van der Waals surface area contributed by atoms with Crippen molar-refractivity contribution in [1.29, 1.82) is 0 Å². The molecule has 18 heavy (non-hydrogen) atoms. The maximum atomic E-state index is 5.84. The van der Waals surface area contributed by atoms with Crippen LogP contribution in [0.1, 0.15) is 27.2 Å². The van der Waals surface area contributed by atoms with Crippen molar-refractivity contribution in [1.82, 2.24) is 0 Å². The maximum absolute atomic E-state index is 5.84. The lowest BCUT2D eigenvalue weighted by atomic mass is 10.2. The summed E-state index contributed by atoms with van der Waals surface area (Å²) in [6.07, 6.45) is 1.13. The molecule has 0 bridgehead atoms. The molecular weight excluding hydrogens is 228 g/mol. The second-order valence-corrected chi connectivity index (χ2v) is 4.43. The van der Waals surface area contributed by atoms with E-state index in [1.165, 1.54) is 0 Å². The number of rotatable bonds is 8. The highest BCUT2D eigenvalue weighted by molar-refractivity contribution is 5.59. The molecule has 4 nitrogen and oxygen atoms in total. The highest BCUT2D eigenvalue weighted by Crippen LogP contribution is 2.23. The van der Waals surface area contributed by atoms with E-state index in [1.54, 1.807) is 0 Å². The summed E-state index contributed by atoms with van der Waals surface area (Å²) in [6.45, 7) is 8.41. The minimum Gasteiger partial charge on any atom is -0.491 e. The van der Waals surface area contributed by atoms with E-state index in [0.29, 0.717) is 5.69 Å². The van der Waals surface area contributed by atoms with Crippen molar-refractivity contribution in [2.24, 2.45) is 0 Å². The number of hydrogen-bond acceptors (Lipinski definition) is 4. The van der Waals surface area contributed by atoms with E-state index in [4.69, 9.17) is 15.2 Å². The monoisotopic (exact) mass is 252 g/mol. The van der Waals surface area contributed by atoms with Gasteiger partial charge in [-0.2, -0.15) is 0 Å². The van der Waals surface area contributed by atoms with E-state index in [-0.39, 0.29) is 6.10 Å². The molecule has 0 fully saturated rings. The molecule has 0 saturated carbocycles. The lowest BCUT2D eigenvalue weighted by Crippen LogP contribution is -2.08. The van der Waals surface area contributed by atoms with Crippen LogP contribution in [0.5, 0.6) is 5.75 Å². The fraction of sp³-hybridized carbons (Fsp3) is 0.571. The fourth-order valence-corrected chi connectivity index (χ4v) is 1.62. The van der Waals surface area contributed by atoms with E-state index < -0.39 is 0 Å². The van der Waals surface area contributed by atoms with Gasteiger partial charge in [0, 0.05) is 43.3 Å². The summed E-state index contributed by atoms with van der Waals surface area (Å²) in [5.74, 6) is 0.803. The second-order valence-electron chi connectivity index (χ2n) is 4.43. The Morgan fingerprint density at radius 1 is 1.28 bits per heavy atom. The van der Waals surface area contributed by atoms with Gasteiger partial charge in [-0.15, -0.1) is 0 Å². The molecule has 0 heterocycles. The average molecular weight is 252 g/mol. The number of anilines is 2. The van der Waals surface area contributed by atoms with Crippen molar-refractivity contribution >= 4 is 11.4 Å². The van der Waals surface area contributed by atoms with Crippen molar-refractivity contribution in [2.75, 3.05) is 30.8 Å². The molecule has 0 aliphatic carbocycles. The Balaban J connectivity index is 2.46. The highest BCUT2D eigenvalue weighted by Gasteiger charge is 2.02. The molecule has 0 unspecified atom stereocenters. The maximum Gasteiger partial charge on any atom is 0.123 e. The lowest BCUT2D eigenvalue weighted by Gasteiger charge is -2.13. The zero-order valence-electron chi connectivity index (χ0n) is 11.5. The van der Waals surface area contributed by atoms with Gasteiger partial charge in [-0.05, 0) is 33.3 Å². The van der Waals surface area contributed by atoms with E-state index >= 15 is 0 Å². The van der Waals surface area contributed by atoms with Crippen LogP contribution in [0.2, 0.25) is 0 Å². The molecule has 4 heteroatoms. The predicted octanol–water partition coefficient (Wildman–Crippen LogP) is 2.89. The largest absolute Gasteiger partial charge is 0.491 e. The molecule has 0 aliphatic rings. The first-order chi connectivity index (χ1) is 8.61. The van der Waals surface area contributed by atoms with Crippen LogP contribution in [0.3, 0.4) is 0 Å². The Labute approximate surface area is 109 Å². The van der Waals surface area contributed by atoms with E-state index in [2.05, 4.69) is 5.32 Å². The summed E-state index contributed by atoms with van der Waals surface area (Å²) in [4.78, 5) is 0. The first kappa shape index (κ1) is 14.6. The summed E-state index contributed by atoms with van der Waals surface area (Å²) in [5, 5.41) is 3.32. The number of nitrogens with one attached hydrogen (secondary N) is 1. The van der Waals surface area contributed by atoms with Gasteiger partial charge < -0.3 is 20.5 Å². The summed E-state index contributed by atoms with van der Waals surface area (Å²) in [6, 6.07) is 5.72. The van der Waals surface area contributed by atoms with Crippen molar-refractivity contribution < 1.29 is 9.47 Å². The second kappa shape index (κ2) is 7.82. The van der Waals surface area contributed by atoms with Crippen LogP contribution >= 0.6 is 0 Å². The molecule has 0 radical (unpaired) electrons. The molecule has 0 aliphatic heterocycles. The summed E-state index contributed by atoms with van der Waals surface area (Å²) in [7, 11) is 0. The molecule has 1 rings (SSSR count). The van der Waals surface area contributed by atoms with Crippen LogP contribution < -0.4 is 15.8 Å². The Bertz CT molecular complexity index is 354. The van der Waals surface area contributed by atoms with E-state index in [0.717, 1.165) is 37.6 Å². The first-order valence-corrected chi connectivity index (χ1v) is 6.50. The Hall–Kier alpha value is -1.42. The number of nitrogens with two attached hydrogens (primary N) is 1. The Morgan fingerprint density at radius 3 is 2.72 bits per heavy atom. The van der Waals surface area contributed by atoms with E-state index in [9.17, 15) is 0 Å². The van der Waals surface area contributed by atoms with Crippen molar-refractivity contribution in [2.45, 2.75) is 33.3 Å². The molecule has 0 aromatic heterocycles. The Kier molecular flexibility index (Phi) is 6.36. The molecular formula is C14H24N2O2. The fourth-order valence-electron chi connectivity index (χ4n) is 1.62. The van der Waals surface area contributed by atoms with Crippen LogP contribution in [0.15, 0.2) is 18.2 Å². The minimum atomic E-state index is 0.151. The third-order valence-corrected chi connectivity index (χ3v) is 2.30. The molecule has 0 atom stereocenters. The average Bonchev–Trinajstić information content (AvgIpc) is 2.27. The Morgan fingerprint density at radius 2 is 2.06 bits per heavy atom. The lowest BCUT2D eigenvalue weighted by molar-refractivity contribution is 0.147. The van der Waals surface area contributed by atoms with Crippen LogP contribution in [0, 0.1) is 0 Å². The highest BCUT2D eigenvalue weighted by atomic mass is 16.5. The van der Waals surface area contributed by atoms with Crippen molar-refractivity contribution in [3.8, 4) is 5.75 Å². The summed E-state index contributed by atoms with van der Waals surface area (Å²) < 4.78 is 10.9. The summed E-state index contributed by atoms with van der Waals surface area (Å²) >= 11 is 0. The van der Waals surface area contributed by atoms with Gasteiger partial charge in [0.05, 0.1) is 6.10 Å². The van der Waals surface area contributed by atoms with Crippen molar-refractivity contribution in [3.63, 3.8) is 0 Å². The quantitative estimate of drug-likeness (QED) is 0.552. The number of benzene rings is 1. The van der Waals surface area contributed by atoms with Gasteiger partial charge in [-0.3, -0.25) is 0 Å². The molecule has 0 amide bonds. The first-order valence-electron chi connectivity index (χ1n) is 6.50. The SMILES string of the molecule is CCOCCCNc1cc(N)cc(OC(C)C)c1. The van der Waals surface area contributed by atoms with Crippen LogP contribution in [-0.2, 0) is 4.74 Å². The zero-order chi connectivity index (χ0) is 13.4. The topological polar surface area (TPSA) is 56.5 Å². The van der Waals surface area contributed by atoms with Gasteiger partial charge in [0.2, 0.25) is 0 Å². The van der Waals surface area contributed by atoms with Crippen LogP contribution in [0.25, 0.3) is 0 Å². The van der Waals surface area contributed by atoms with Gasteiger partial charge in [0.25, 0.3) is 0 Å². The molecule has 1 aromatic rings. The zero-order valence-corrected chi connectivity index (χ0v) is 11.5. The minimum absolute atomic E-state index is 0.151. The van der Waals surface area contributed by atoms with Gasteiger partial charge in [-0.1, -0.05) is 0 Å². The van der Waals surface area contributed by atoms with Gasteiger partial charge in [0.15, 0.2) is 0 Å². The van der Waals surface area contributed by atoms with Gasteiger partial charge in [-0.25, -0.2) is 0 Å². The number of ether oxygens (including phenoxy) is 2. The summed E-state index contributed by atoms with van der Waals surface area (Å²) in [5.41, 5.74) is 7.54. The molecule has 0 saturated heterocycles. The van der Waals surface area contributed by atoms with Gasteiger partial charge in [0.1, 0.15) is 5.75 Å².